The zero-order chi connectivity index (χ0) is 18.3. The van der Waals surface area contributed by atoms with E-state index in [4.69, 9.17) is 0 Å². The Morgan fingerprint density at radius 2 is 1.88 bits per heavy atom. The maximum Gasteiger partial charge on any atom is 0.311 e. The first-order chi connectivity index (χ1) is 11.3. The van der Waals surface area contributed by atoms with E-state index in [1.54, 1.807) is 31.4 Å². The second-order valence-electron chi connectivity index (χ2n) is 6.18. The molecule has 2 amide bonds. The fourth-order valence-corrected chi connectivity index (χ4v) is 3.03. The van der Waals surface area contributed by atoms with Crippen molar-refractivity contribution in [3.8, 4) is 0 Å². The molecule has 0 aliphatic rings. The minimum absolute atomic E-state index is 0.0479. The van der Waals surface area contributed by atoms with Crippen molar-refractivity contribution in [2.75, 3.05) is 6.54 Å². The third kappa shape index (κ3) is 4.80. The minimum atomic E-state index is -0.977. The average molecular weight is 354 g/mol. The van der Waals surface area contributed by atoms with Crippen LogP contribution in [0.5, 0.6) is 0 Å². The van der Waals surface area contributed by atoms with Gasteiger partial charge in [-0.15, -0.1) is 11.3 Å². The molecular weight excluding hydrogens is 328 g/mol. The first kappa shape index (κ1) is 20.2. The van der Waals surface area contributed by atoms with Crippen LogP contribution < -0.4 is 10.6 Å². The normalized spacial score (nSPS) is 12.7. The molecule has 6 nitrogen and oxygen atoms in total. The molecule has 1 aromatic heterocycles. The van der Waals surface area contributed by atoms with Gasteiger partial charge in [0, 0.05) is 6.54 Å². The van der Waals surface area contributed by atoms with Crippen molar-refractivity contribution in [2.45, 2.75) is 46.6 Å². The summed E-state index contributed by atoms with van der Waals surface area (Å²) in [4.78, 5) is 36.7. The highest BCUT2D eigenvalue weighted by Gasteiger charge is 2.36. The van der Waals surface area contributed by atoms with Gasteiger partial charge >= 0.3 is 5.97 Å². The van der Waals surface area contributed by atoms with Gasteiger partial charge in [-0.05, 0) is 30.2 Å². The number of hydrogen-bond donors (Lipinski definition) is 3. The number of carboxylic acids is 1. The van der Waals surface area contributed by atoms with Gasteiger partial charge in [-0.1, -0.05) is 33.8 Å². The molecule has 0 spiro atoms. The van der Waals surface area contributed by atoms with Crippen LogP contribution in [0, 0.1) is 11.3 Å². The van der Waals surface area contributed by atoms with Crippen LogP contribution >= 0.6 is 11.3 Å². The molecule has 1 atom stereocenters. The summed E-state index contributed by atoms with van der Waals surface area (Å²) in [5.41, 5.74) is -0.977. The number of carboxylic acid groups (broad SMARTS) is 1. The second kappa shape index (κ2) is 8.82. The average Bonchev–Trinajstić information content (AvgIpc) is 3.07. The number of carbonyl (C=O) groups excluding carboxylic acids is 2. The van der Waals surface area contributed by atoms with Crippen molar-refractivity contribution < 1.29 is 19.5 Å². The lowest BCUT2D eigenvalue weighted by Crippen LogP contribution is -2.52. The number of thiophene rings is 1. The van der Waals surface area contributed by atoms with Gasteiger partial charge < -0.3 is 15.7 Å². The zero-order valence-electron chi connectivity index (χ0n) is 14.6. The van der Waals surface area contributed by atoms with Crippen molar-refractivity contribution in [3.63, 3.8) is 0 Å². The van der Waals surface area contributed by atoms with Gasteiger partial charge in [0.05, 0.1) is 10.3 Å². The Balaban J connectivity index is 2.77. The second-order valence-corrected chi connectivity index (χ2v) is 7.13. The van der Waals surface area contributed by atoms with Crippen LogP contribution in [-0.2, 0) is 9.59 Å². The Morgan fingerprint density at radius 1 is 1.25 bits per heavy atom. The van der Waals surface area contributed by atoms with E-state index in [-0.39, 0.29) is 24.3 Å². The molecule has 0 bridgehead atoms. The third-order valence-electron chi connectivity index (χ3n) is 4.39. The molecule has 1 heterocycles. The summed E-state index contributed by atoms with van der Waals surface area (Å²) in [6.45, 7) is 7.31. The van der Waals surface area contributed by atoms with Crippen LogP contribution in [0.1, 0.15) is 50.2 Å². The lowest BCUT2D eigenvalue weighted by molar-refractivity contribution is -0.149. The summed E-state index contributed by atoms with van der Waals surface area (Å²) in [7, 11) is 0. The summed E-state index contributed by atoms with van der Waals surface area (Å²) in [6.07, 6.45) is 0.847. The quantitative estimate of drug-likeness (QED) is 0.635. The highest BCUT2D eigenvalue weighted by atomic mass is 32.1. The number of amides is 2. The maximum absolute atomic E-state index is 12.5. The topological polar surface area (TPSA) is 95.5 Å². The molecule has 1 rings (SSSR count). The van der Waals surface area contributed by atoms with Crippen LogP contribution in [0.25, 0.3) is 0 Å². The number of rotatable bonds is 9. The van der Waals surface area contributed by atoms with Crippen molar-refractivity contribution in [2.24, 2.45) is 11.3 Å². The SMILES string of the molecule is CCC(CC)(CNC(=O)C(NC(=O)c1cccs1)C(C)C)C(=O)O. The van der Waals surface area contributed by atoms with Crippen molar-refractivity contribution in [1.29, 1.82) is 0 Å². The van der Waals surface area contributed by atoms with Gasteiger partial charge in [0.1, 0.15) is 6.04 Å². The van der Waals surface area contributed by atoms with Crippen LogP contribution in [-0.4, -0.2) is 35.5 Å². The minimum Gasteiger partial charge on any atom is -0.481 e. The smallest absolute Gasteiger partial charge is 0.311 e. The monoisotopic (exact) mass is 354 g/mol. The molecule has 0 aliphatic heterocycles. The summed E-state index contributed by atoms with van der Waals surface area (Å²) in [5, 5.41) is 16.7. The van der Waals surface area contributed by atoms with Gasteiger partial charge in [0.15, 0.2) is 0 Å². The molecular formula is C17H26N2O4S. The summed E-state index contributed by atoms with van der Waals surface area (Å²) in [5.74, 6) is -1.69. The number of hydrogen-bond acceptors (Lipinski definition) is 4. The molecule has 0 radical (unpaired) electrons. The van der Waals surface area contributed by atoms with Crippen LogP contribution in [0.2, 0.25) is 0 Å². The molecule has 0 saturated heterocycles. The first-order valence-electron chi connectivity index (χ1n) is 8.12. The first-order valence-corrected chi connectivity index (χ1v) is 9.00. The molecule has 0 fully saturated rings. The summed E-state index contributed by atoms with van der Waals surface area (Å²) < 4.78 is 0. The van der Waals surface area contributed by atoms with E-state index in [2.05, 4.69) is 10.6 Å². The van der Waals surface area contributed by atoms with Gasteiger partial charge in [-0.2, -0.15) is 0 Å². The van der Waals surface area contributed by atoms with Crippen molar-refractivity contribution in [3.05, 3.63) is 22.4 Å². The van der Waals surface area contributed by atoms with Crippen molar-refractivity contribution >= 4 is 29.1 Å². The number of carbonyl (C=O) groups is 3. The van der Waals surface area contributed by atoms with E-state index in [1.807, 2.05) is 13.8 Å². The van der Waals surface area contributed by atoms with Gasteiger partial charge in [0.2, 0.25) is 5.91 Å². The largest absolute Gasteiger partial charge is 0.481 e. The molecule has 0 saturated carbocycles. The molecule has 1 aromatic rings. The number of aliphatic carboxylic acids is 1. The lowest BCUT2D eigenvalue weighted by atomic mass is 9.82. The Bertz CT molecular complexity index is 565. The fourth-order valence-electron chi connectivity index (χ4n) is 2.40. The standard InChI is InChI=1S/C17H26N2O4S/c1-5-17(6-2,16(22)23)10-18-15(21)13(11(3)4)19-14(20)12-8-7-9-24-12/h7-9,11,13H,5-6,10H2,1-4H3,(H,18,21)(H,19,20)(H,22,23). The zero-order valence-corrected chi connectivity index (χ0v) is 15.4. The van der Waals surface area contributed by atoms with E-state index in [1.165, 1.54) is 11.3 Å². The van der Waals surface area contributed by atoms with Gasteiger partial charge in [-0.3, -0.25) is 14.4 Å². The van der Waals surface area contributed by atoms with Gasteiger partial charge in [-0.25, -0.2) is 0 Å². The molecule has 1 unspecified atom stereocenters. The van der Waals surface area contributed by atoms with Crippen LogP contribution in [0.3, 0.4) is 0 Å². The Labute approximate surface area is 146 Å². The Kier molecular flexibility index (Phi) is 7.41. The lowest BCUT2D eigenvalue weighted by Gasteiger charge is -2.29. The molecule has 3 N–H and O–H groups in total. The summed E-state index contributed by atoms with van der Waals surface area (Å²) in [6, 6.07) is 2.76. The van der Waals surface area contributed by atoms with E-state index < -0.39 is 17.4 Å². The van der Waals surface area contributed by atoms with E-state index in [0.717, 1.165) is 0 Å². The predicted molar refractivity (Wildman–Crippen MR) is 94.1 cm³/mol. The Morgan fingerprint density at radius 3 is 2.29 bits per heavy atom. The highest BCUT2D eigenvalue weighted by Crippen LogP contribution is 2.25. The van der Waals surface area contributed by atoms with Gasteiger partial charge in [0.25, 0.3) is 5.91 Å². The van der Waals surface area contributed by atoms with Crippen LogP contribution in [0.4, 0.5) is 0 Å². The van der Waals surface area contributed by atoms with Crippen LogP contribution in [0.15, 0.2) is 17.5 Å². The molecule has 0 aromatic carbocycles. The van der Waals surface area contributed by atoms with E-state index in [0.29, 0.717) is 17.7 Å². The molecule has 0 aliphatic carbocycles. The molecule has 7 heteroatoms. The maximum atomic E-state index is 12.5. The fraction of sp³-hybridized carbons (Fsp3) is 0.588. The Hall–Kier alpha value is -1.89. The van der Waals surface area contributed by atoms with E-state index >= 15 is 0 Å². The highest BCUT2D eigenvalue weighted by molar-refractivity contribution is 7.12. The van der Waals surface area contributed by atoms with Crippen molar-refractivity contribution in [1.82, 2.24) is 10.6 Å². The molecule has 24 heavy (non-hydrogen) atoms. The third-order valence-corrected chi connectivity index (χ3v) is 5.26. The number of nitrogens with one attached hydrogen (secondary N) is 2. The predicted octanol–water partition coefficient (Wildman–Crippen LogP) is 2.51. The summed E-state index contributed by atoms with van der Waals surface area (Å²) >= 11 is 1.30. The van der Waals surface area contributed by atoms with E-state index in [9.17, 15) is 19.5 Å². The molecule has 134 valence electrons.